The average molecular weight is 359 g/mol. The van der Waals surface area contributed by atoms with E-state index in [0.717, 1.165) is 0 Å². The number of benzene rings is 2. The van der Waals surface area contributed by atoms with E-state index in [1.165, 1.54) is 24.3 Å². The molecule has 136 valence electrons. The zero-order valence-corrected chi connectivity index (χ0v) is 14.0. The van der Waals surface area contributed by atoms with E-state index >= 15 is 0 Å². The third-order valence-corrected chi connectivity index (χ3v) is 4.21. The number of nitro benzene ring substituents is 1. The van der Waals surface area contributed by atoms with Crippen molar-refractivity contribution in [1.82, 2.24) is 4.90 Å². The third-order valence-electron chi connectivity index (χ3n) is 4.21. The lowest BCUT2D eigenvalue weighted by Crippen LogP contribution is -2.50. The molecule has 8 heteroatoms. The fourth-order valence-electron chi connectivity index (χ4n) is 2.88. The molecule has 0 unspecified atom stereocenters. The Morgan fingerprint density at radius 2 is 1.85 bits per heavy atom. The van der Waals surface area contributed by atoms with Gasteiger partial charge in [0, 0.05) is 38.3 Å². The molecule has 0 saturated carbocycles. The van der Waals surface area contributed by atoms with Crippen LogP contribution in [0.5, 0.6) is 5.75 Å². The van der Waals surface area contributed by atoms with Crippen LogP contribution in [0.3, 0.4) is 0 Å². The standard InChI is InChI=1S/C18H18FN3O4/c19-14-4-3-5-15(12-14)26-13-18(23)21-10-8-20(9-11-21)16-6-1-2-7-17(16)22(24)25/h1-7,12H,8-11,13H2. The summed E-state index contributed by atoms with van der Waals surface area (Å²) in [6, 6.07) is 12.2. The van der Waals surface area contributed by atoms with Gasteiger partial charge in [0.15, 0.2) is 6.61 Å². The van der Waals surface area contributed by atoms with E-state index in [9.17, 15) is 19.3 Å². The minimum Gasteiger partial charge on any atom is -0.484 e. The Morgan fingerprint density at radius 1 is 1.12 bits per heavy atom. The van der Waals surface area contributed by atoms with Crippen LogP contribution in [-0.2, 0) is 4.79 Å². The van der Waals surface area contributed by atoms with E-state index < -0.39 is 10.7 Å². The van der Waals surface area contributed by atoms with Gasteiger partial charge in [-0.15, -0.1) is 0 Å². The largest absolute Gasteiger partial charge is 0.484 e. The molecule has 26 heavy (non-hydrogen) atoms. The Labute approximate surface area is 149 Å². The van der Waals surface area contributed by atoms with E-state index in [-0.39, 0.29) is 18.2 Å². The summed E-state index contributed by atoms with van der Waals surface area (Å²) in [7, 11) is 0. The molecule has 0 spiro atoms. The van der Waals surface area contributed by atoms with Gasteiger partial charge in [-0.25, -0.2) is 4.39 Å². The Morgan fingerprint density at radius 3 is 2.54 bits per heavy atom. The van der Waals surface area contributed by atoms with Gasteiger partial charge in [-0.05, 0) is 18.2 Å². The summed E-state index contributed by atoms with van der Waals surface area (Å²) in [6.07, 6.45) is 0. The number of nitrogens with zero attached hydrogens (tertiary/aromatic N) is 3. The van der Waals surface area contributed by atoms with Gasteiger partial charge in [0.05, 0.1) is 4.92 Å². The summed E-state index contributed by atoms with van der Waals surface area (Å²) < 4.78 is 18.4. The van der Waals surface area contributed by atoms with Gasteiger partial charge in [0.2, 0.25) is 0 Å². The molecule has 2 aromatic rings. The van der Waals surface area contributed by atoms with Gasteiger partial charge in [-0.3, -0.25) is 14.9 Å². The van der Waals surface area contributed by atoms with E-state index in [1.807, 2.05) is 4.90 Å². The smallest absolute Gasteiger partial charge is 0.292 e. The predicted molar refractivity (Wildman–Crippen MR) is 93.8 cm³/mol. The van der Waals surface area contributed by atoms with Crippen LogP contribution in [0.2, 0.25) is 0 Å². The molecule has 0 aromatic heterocycles. The molecule has 0 radical (unpaired) electrons. The van der Waals surface area contributed by atoms with E-state index in [1.54, 1.807) is 29.2 Å². The number of anilines is 1. The number of hydrogen-bond acceptors (Lipinski definition) is 5. The summed E-state index contributed by atoms with van der Waals surface area (Å²) >= 11 is 0. The lowest BCUT2D eigenvalue weighted by atomic mass is 10.2. The summed E-state index contributed by atoms with van der Waals surface area (Å²) in [5, 5.41) is 11.2. The maximum absolute atomic E-state index is 13.1. The third kappa shape index (κ3) is 4.08. The molecule has 1 saturated heterocycles. The molecule has 1 aliphatic heterocycles. The number of amides is 1. The Hall–Kier alpha value is -3.16. The first-order chi connectivity index (χ1) is 12.5. The van der Waals surface area contributed by atoms with Crippen molar-refractivity contribution in [1.29, 1.82) is 0 Å². The van der Waals surface area contributed by atoms with Gasteiger partial charge in [-0.1, -0.05) is 18.2 Å². The SMILES string of the molecule is O=C(COc1cccc(F)c1)N1CCN(c2ccccc2[N+](=O)[O-])CC1. The molecule has 1 aliphatic rings. The molecule has 0 bridgehead atoms. The van der Waals surface area contributed by atoms with Crippen molar-refractivity contribution in [2.24, 2.45) is 0 Å². The molecule has 3 rings (SSSR count). The fourth-order valence-corrected chi connectivity index (χ4v) is 2.88. The van der Waals surface area contributed by atoms with Gasteiger partial charge in [-0.2, -0.15) is 0 Å². The predicted octanol–water partition coefficient (Wildman–Crippen LogP) is 2.46. The highest BCUT2D eigenvalue weighted by Gasteiger charge is 2.25. The number of carbonyl (C=O) groups is 1. The van der Waals surface area contributed by atoms with E-state index in [4.69, 9.17) is 4.74 Å². The van der Waals surface area contributed by atoms with E-state index in [0.29, 0.717) is 37.6 Å². The highest BCUT2D eigenvalue weighted by Crippen LogP contribution is 2.28. The average Bonchev–Trinajstić information content (AvgIpc) is 2.66. The van der Waals surface area contributed by atoms with Crippen LogP contribution in [0.15, 0.2) is 48.5 Å². The van der Waals surface area contributed by atoms with Crippen molar-refractivity contribution >= 4 is 17.3 Å². The molecule has 0 aliphatic carbocycles. The Balaban J connectivity index is 1.55. The Bertz CT molecular complexity index is 807. The summed E-state index contributed by atoms with van der Waals surface area (Å²) in [5.41, 5.74) is 0.613. The summed E-state index contributed by atoms with van der Waals surface area (Å²) in [4.78, 5) is 26.5. The second-order valence-electron chi connectivity index (χ2n) is 5.86. The molecule has 2 aromatic carbocycles. The van der Waals surface area contributed by atoms with Crippen molar-refractivity contribution in [2.75, 3.05) is 37.7 Å². The molecule has 1 amide bonds. The second kappa shape index (κ2) is 7.81. The fraction of sp³-hybridized carbons (Fsp3) is 0.278. The first kappa shape index (κ1) is 17.7. The van der Waals surface area contributed by atoms with Crippen LogP contribution >= 0.6 is 0 Å². The quantitative estimate of drug-likeness (QED) is 0.605. The number of rotatable bonds is 5. The van der Waals surface area contributed by atoms with Crippen molar-refractivity contribution in [3.8, 4) is 5.75 Å². The minimum atomic E-state index is -0.423. The highest BCUT2D eigenvalue weighted by molar-refractivity contribution is 5.78. The zero-order chi connectivity index (χ0) is 18.5. The monoisotopic (exact) mass is 359 g/mol. The molecule has 1 fully saturated rings. The number of carbonyl (C=O) groups excluding carboxylic acids is 1. The van der Waals surface area contributed by atoms with Gasteiger partial charge < -0.3 is 14.5 Å². The number of piperazine rings is 1. The molecular weight excluding hydrogens is 341 g/mol. The number of ether oxygens (including phenoxy) is 1. The molecule has 7 nitrogen and oxygen atoms in total. The van der Waals surface area contributed by atoms with Gasteiger partial charge in [0.1, 0.15) is 17.3 Å². The van der Waals surface area contributed by atoms with Crippen LogP contribution in [0.25, 0.3) is 0 Å². The van der Waals surface area contributed by atoms with Crippen LogP contribution in [0.1, 0.15) is 0 Å². The lowest BCUT2D eigenvalue weighted by Gasteiger charge is -2.35. The van der Waals surface area contributed by atoms with Crippen molar-refractivity contribution in [2.45, 2.75) is 0 Å². The van der Waals surface area contributed by atoms with Crippen molar-refractivity contribution < 1.29 is 18.8 Å². The van der Waals surface area contributed by atoms with Crippen LogP contribution in [0, 0.1) is 15.9 Å². The second-order valence-corrected chi connectivity index (χ2v) is 5.86. The normalized spacial score (nSPS) is 14.2. The first-order valence-electron chi connectivity index (χ1n) is 8.19. The summed E-state index contributed by atoms with van der Waals surface area (Å²) in [6.45, 7) is 1.71. The van der Waals surface area contributed by atoms with Crippen LogP contribution in [-0.4, -0.2) is 48.5 Å². The molecule has 0 N–H and O–H groups in total. The first-order valence-corrected chi connectivity index (χ1v) is 8.19. The topological polar surface area (TPSA) is 75.9 Å². The molecule has 1 heterocycles. The van der Waals surface area contributed by atoms with E-state index in [2.05, 4.69) is 0 Å². The maximum Gasteiger partial charge on any atom is 0.292 e. The molecular formula is C18H18FN3O4. The Kier molecular flexibility index (Phi) is 5.31. The zero-order valence-electron chi connectivity index (χ0n) is 14.0. The number of nitro groups is 1. The summed E-state index contributed by atoms with van der Waals surface area (Å²) in [5.74, 6) is -0.318. The van der Waals surface area contributed by atoms with Crippen molar-refractivity contribution in [3.63, 3.8) is 0 Å². The lowest BCUT2D eigenvalue weighted by molar-refractivity contribution is -0.384. The highest BCUT2D eigenvalue weighted by atomic mass is 19.1. The maximum atomic E-state index is 13.1. The van der Waals surface area contributed by atoms with Crippen LogP contribution < -0.4 is 9.64 Å². The van der Waals surface area contributed by atoms with Gasteiger partial charge in [0.25, 0.3) is 11.6 Å². The molecule has 0 atom stereocenters. The van der Waals surface area contributed by atoms with Crippen molar-refractivity contribution in [3.05, 3.63) is 64.5 Å². The number of halogens is 1. The number of para-hydroxylation sites is 2. The number of hydrogen-bond donors (Lipinski definition) is 0. The van der Waals surface area contributed by atoms with Gasteiger partial charge >= 0.3 is 0 Å². The minimum absolute atomic E-state index is 0.0571. The van der Waals surface area contributed by atoms with Crippen LogP contribution in [0.4, 0.5) is 15.8 Å².